The van der Waals surface area contributed by atoms with E-state index in [1.165, 1.54) is 31.1 Å². The van der Waals surface area contributed by atoms with Crippen LogP contribution >= 0.6 is 0 Å². The highest BCUT2D eigenvalue weighted by molar-refractivity contribution is 5.90. The minimum absolute atomic E-state index is 0.00759. The summed E-state index contributed by atoms with van der Waals surface area (Å²) in [5.74, 6) is -1.70. The summed E-state index contributed by atoms with van der Waals surface area (Å²) in [7, 11) is 2.84. The van der Waals surface area contributed by atoms with E-state index < -0.39 is 53.1 Å². The number of nitrogens with zero attached hydrogens (tertiary/aromatic N) is 4. The van der Waals surface area contributed by atoms with Crippen LogP contribution in [0.25, 0.3) is 10.8 Å². The van der Waals surface area contributed by atoms with Gasteiger partial charge in [-0.2, -0.15) is 18.3 Å². The number of benzene rings is 1. The number of fused-ring (bicyclic) bond motifs is 1. The number of hydrogen-bond acceptors (Lipinski definition) is 5. The SMILES string of the molecule is C[C@@H](CNc1nn(C)c(=O)c2cc(=O)n([C@@]3(C(F)(F)F)CCN(C)C3)cc12)c1cccc(C(F)F)c1F. The van der Waals surface area contributed by atoms with E-state index in [4.69, 9.17) is 0 Å². The zero-order chi connectivity index (χ0) is 27.3. The van der Waals surface area contributed by atoms with Gasteiger partial charge in [-0.25, -0.2) is 17.9 Å². The molecule has 200 valence electrons. The molecule has 0 radical (unpaired) electrons. The Kier molecular flexibility index (Phi) is 6.86. The molecule has 1 aromatic carbocycles. The molecule has 1 fully saturated rings. The predicted molar refractivity (Wildman–Crippen MR) is 126 cm³/mol. The second kappa shape index (κ2) is 9.51. The smallest absolute Gasteiger partial charge is 0.367 e. The van der Waals surface area contributed by atoms with Crippen LogP contribution < -0.4 is 16.4 Å². The molecule has 0 saturated carbocycles. The maximum Gasteiger partial charge on any atom is 0.413 e. The Morgan fingerprint density at radius 1 is 1.14 bits per heavy atom. The zero-order valence-electron chi connectivity index (χ0n) is 20.2. The second-order valence-corrected chi connectivity index (χ2v) is 9.44. The van der Waals surface area contributed by atoms with Gasteiger partial charge in [0.1, 0.15) is 5.82 Å². The molecule has 13 heteroatoms. The highest BCUT2D eigenvalue weighted by Crippen LogP contribution is 2.43. The number of nitrogens with one attached hydrogen (secondary N) is 1. The van der Waals surface area contributed by atoms with E-state index in [1.54, 1.807) is 6.92 Å². The van der Waals surface area contributed by atoms with E-state index in [0.29, 0.717) is 4.57 Å². The molecular formula is C24H25F6N5O2. The Morgan fingerprint density at radius 2 is 1.81 bits per heavy atom. The van der Waals surface area contributed by atoms with Crippen LogP contribution in [0.5, 0.6) is 0 Å². The van der Waals surface area contributed by atoms with E-state index in [9.17, 15) is 35.9 Å². The Balaban J connectivity index is 1.79. The number of halogens is 6. The highest BCUT2D eigenvalue weighted by atomic mass is 19.4. The first-order chi connectivity index (χ1) is 17.3. The molecule has 0 amide bonds. The Hall–Kier alpha value is -3.35. The summed E-state index contributed by atoms with van der Waals surface area (Å²) in [5.41, 5.74) is -4.87. The van der Waals surface area contributed by atoms with Gasteiger partial charge in [-0.1, -0.05) is 25.1 Å². The molecular weight excluding hydrogens is 504 g/mol. The summed E-state index contributed by atoms with van der Waals surface area (Å²) >= 11 is 0. The lowest BCUT2D eigenvalue weighted by Gasteiger charge is -2.34. The minimum atomic E-state index is -4.75. The van der Waals surface area contributed by atoms with Gasteiger partial charge in [0.2, 0.25) is 0 Å². The number of likely N-dealkylation sites (tertiary alicyclic amines) is 1. The van der Waals surface area contributed by atoms with Crippen molar-refractivity contribution in [2.75, 3.05) is 32.0 Å². The van der Waals surface area contributed by atoms with Gasteiger partial charge in [0, 0.05) is 50.2 Å². The molecule has 0 spiro atoms. The van der Waals surface area contributed by atoms with E-state index in [0.717, 1.165) is 23.0 Å². The van der Waals surface area contributed by atoms with E-state index in [1.807, 2.05) is 0 Å². The van der Waals surface area contributed by atoms with Crippen molar-refractivity contribution in [1.29, 1.82) is 0 Å². The molecule has 0 unspecified atom stereocenters. The minimum Gasteiger partial charge on any atom is -0.367 e. The third-order valence-corrected chi connectivity index (χ3v) is 6.91. The van der Waals surface area contributed by atoms with Crippen LogP contribution in [-0.2, 0) is 12.6 Å². The number of alkyl halides is 5. The van der Waals surface area contributed by atoms with E-state index >= 15 is 0 Å². The average molecular weight is 529 g/mol. The number of anilines is 1. The van der Waals surface area contributed by atoms with Crippen molar-refractivity contribution >= 4 is 16.6 Å². The first-order valence-electron chi connectivity index (χ1n) is 11.5. The molecule has 3 heterocycles. The summed E-state index contributed by atoms with van der Waals surface area (Å²) in [5, 5.41) is 6.85. The fraction of sp³-hybridized carbons (Fsp3) is 0.458. The molecule has 37 heavy (non-hydrogen) atoms. The quantitative estimate of drug-likeness (QED) is 0.490. The van der Waals surface area contributed by atoms with Crippen LogP contribution in [-0.4, -0.2) is 52.1 Å². The number of likely N-dealkylation sites (N-methyl/N-ethyl adjacent to an activating group) is 1. The van der Waals surface area contributed by atoms with E-state index in [-0.39, 0.29) is 41.7 Å². The monoisotopic (exact) mass is 529 g/mol. The Labute approximate surface area is 207 Å². The van der Waals surface area contributed by atoms with Gasteiger partial charge in [-0.05, 0) is 19.0 Å². The summed E-state index contributed by atoms with van der Waals surface area (Å²) in [6, 6.07) is 4.53. The van der Waals surface area contributed by atoms with Gasteiger partial charge >= 0.3 is 6.18 Å². The third-order valence-electron chi connectivity index (χ3n) is 6.91. The van der Waals surface area contributed by atoms with Crippen molar-refractivity contribution in [3.8, 4) is 0 Å². The lowest BCUT2D eigenvalue weighted by atomic mass is 9.96. The average Bonchev–Trinajstić information content (AvgIpc) is 3.23. The summed E-state index contributed by atoms with van der Waals surface area (Å²) in [4.78, 5) is 27.0. The maximum absolute atomic E-state index is 14.6. The van der Waals surface area contributed by atoms with Gasteiger partial charge < -0.3 is 10.2 Å². The van der Waals surface area contributed by atoms with Crippen LogP contribution in [0.3, 0.4) is 0 Å². The summed E-state index contributed by atoms with van der Waals surface area (Å²) < 4.78 is 85.3. The van der Waals surface area contributed by atoms with Crippen LogP contribution in [0.15, 0.2) is 40.1 Å². The lowest BCUT2D eigenvalue weighted by Crippen LogP contribution is -2.53. The maximum atomic E-state index is 14.6. The van der Waals surface area contributed by atoms with Crippen LogP contribution in [0.1, 0.15) is 36.8 Å². The first kappa shape index (κ1) is 26.7. The molecule has 1 aliphatic rings. The van der Waals surface area contributed by atoms with Crippen molar-refractivity contribution in [3.05, 3.63) is 68.1 Å². The van der Waals surface area contributed by atoms with Crippen molar-refractivity contribution in [2.24, 2.45) is 7.05 Å². The lowest BCUT2D eigenvalue weighted by molar-refractivity contribution is -0.211. The van der Waals surface area contributed by atoms with Gasteiger partial charge in [0.05, 0.1) is 10.9 Å². The van der Waals surface area contributed by atoms with E-state index in [2.05, 4.69) is 10.4 Å². The van der Waals surface area contributed by atoms with Crippen molar-refractivity contribution in [1.82, 2.24) is 19.2 Å². The number of aromatic nitrogens is 3. The topological polar surface area (TPSA) is 72.2 Å². The van der Waals surface area contributed by atoms with Crippen LogP contribution in [0.4, 0.5) is 32.2 Å². The normalized spacial score (nSPS) is 19.6. The standard InChI is InChI=1S/C24H25F6N5O2/c1-13(14-5-4-6-15(19(14)25)20(26)27)10-31-21-17-11-35(18(36)9-16(17)22(37)34(3)32-21)23(24(28,29)30)7-8-33(2)12-23/h4-6,9,11,13,20H,7-8,10,12H2,1-3H3,(H,31,32)/t13-,23-/m0/s1. The molecule has 2 atom stereocenters. The fourth-order valence-corrected chi connectivity index (χ4v) is 4.81. The predicted octanol–water partition coefficient (Wildman–Crippen LogP) is 3.98. The van der Waals surface area contributed by atoms with Crippen molar-refractivity contribution in [3.63, 3.8) is 0 Å². The van der Waals surface area contributed by atoms with Gasteiger partial charge in [-0.15, -0.1) is 0 Å². The van der Waals surface area contributed by atoms with Gasteiger partial charge in [-0.3, -0.25) is 14.2 Å². The number of rotatable bonds is 6. The van der Waals surface area contributed by atoms with Crippen molar-refractivity contribution < 1.29 is 26.3 Å². The van der Waals surface area contributed by atoms with Crippen LogP contribution in [0, 0.1) is 5.82 Å². The number of pyridine rings is 1. The van der Waals surface area contributed by atoms with Crippen molar-refractivity contribution in [2.45, 2.75) is 37.4 Å². The number of hydrogen-bond donors (Lipinski definition) is 1. The third kappa shape index (κ3) is 4.60. The van der Waals surface area contributed by atoms with Crippen LogP contribution in [0.2, 0.25) is 0 Å². The molecule has 0 bridgehead atoms. The molecule has 4 rings (SSSR count). The summed E-state index contributed by atoms with van der Waals surface area (Å²) in [6.07, 6.45) is -7.11. The zero-order valence-corrected chi connectivity index (χ0v) is 20.2. The molecule has 0 aliphatic carbocycles. The Morgan fingerprint density at radius 3 is 2.41 bits per heavy atom. The summed E-state index contributed by atoms with van der Waals surface area (Å²) in [6.45, 7) is 1.20. The molecule has 1 N–H and O–H groups in total. The molecule has 1 aliphatic heterocycles. The largest absolute Gasteiger partial charge is 0.413 e. The molecule has 2 aromatic heterocycles. The first-order valence-corrected chi connectivity index (χ1v) is 11.5. The number of aryl methyl sites for hydroxylation is 1. The highest BCUT2D eigenvalue weighted by Gasteiger charge is 2.59. The van der Waals surface area contributed by atoms with Gasteiger partial charge in [0.15, 0.2) is 11.4 Å². The van der Waals surface area contributed by atoms with Gasteiger partial charge in [0.25, 0.3) is 17.5 Å². The second-order valence-electron chi connectivity index (χ2n) is 9.44. The molecule has 1 saturated heterocycles. The Bertz CT molecular complexity index is 1450. The molecule has 3 aromatic rings. The molecule has 7 nitrogen and oxygen atoms in total. The fourth-order valence-electron chi connectivity index (χ4n) is 4.81.